The second-order valence-electron chi connectivity index (χ2n) is 3.47. The summed E-state index contributed by atoms with van der Waals surface area (Å²) in [5.41, 5.74) is -2.23. The topological polar surface area (TPSA) is 184 Å². The van der Waals surface area contributed by atoms with Crippen LogP contribution in [0.1, 0.15) is 6.42 Å². The Hall–Kier alpha value is -2.41. The molecule has 0 fully saturated rings. The third-order valence-electron chi connectivity index (χ3n) is 2.32. The summed E-state index contributed by atoms with van der Waals surface area (Å²) in [6.07, 6.45) is -0.856. The van der Waals surface area contributed by atoms with Crippen molar-refractivity contribution in [3.63, 3.8) is 0 Å². The lowest BCUT2D eigenvalue weighted by Crippen LogP contribution is -2.47. The average Bonchev–Trinajstić information content (AvgIpc) is 2.26. The van der Waals surface area contributed by atoms with Gasteiger partial charge in [0, 0.05) is 0 Å². The molecule has 0 saturated carbocycles. The highest BCUT2D eigenvalue weighted by Crippen LogP contribution is 2.33. The first-order chi connectivity index (χ1) is 8.51. The summed E-state index contributed by atoms with van der Waals surface area (Å²) in [4.78, 5) is 24.6. The van der Waals surface area contributed by atoms with Crippen molar-refractivity contribution in [2.24, 2.45) is 0 Å². The van der Waals surface area contributed by atoms with Gasteiger partial charge in [0.15, 0.2) is 0 Å². The molecule has 0 aromatic heterocycles. The third kappa shape index (κ3) is 2.41. The molecule has 12 nitrogen and oxygen atoms in total. The highest BCUT2D eigenvalue weighted by molar-refractivity contribution is 7.87. The van der Waals surface area contributed by atoms with E-state index < -0.39 is 47.6 Å². The molecule has 0 aromatic rings. The van der Waals surface area contributed by atoms with Crippen LogP contribution in [0.4, 0.5) is 0 Å². The van der Waals surface area contributed by atoms with Gasteiger partial charge in [-0.25, -0.2) is 0 Å². The maximum atomic E-state index is 11.1. The summed E-state index contributed by atoms with van der Waals surface area (Å²) in [5.74, 6) is 0. The minimum atomic E-state index is -5.44. The van der Waals surface area contributed by atoms with Crippen molar-refractivity contribution in [3.8, 4) is 0 Å². The fourth-order valence-corrected chi connectivity index (χ4v) is 2.19. The lowest BCUT2D eigenvalue weighted by Gasteiger charge is -2.19. The van der Waals surface area contributed by atoms with Gasteiger partial charge < -0.3 is 0 Å². The molecule has 0 bridgehead atoms. The van der Waals surface area contributed by atoms with Crippen LogP contribution < -0.4 is 0 Å². The molecule has 0 heterocycles. The number of allylic oxidation sites excluding steroid dienone is 1. The van der Waals surface area contributed by atoms with E-state index in [9.17, 15) is 38.8 Å². The van der Waals surface area contributed by atoms with Crippen molar-refractivity contribution in [2.45, 2.75) is 11.3 Å². The summed E-state index contributed by atoms with van der Waals surface area (Å²) >= 11 is 0. The number of hydrogen-bond acceptors (Lipinski definition) is 8. The minimum Gasteiger partial charge on any atom is -0.280 e. The van der Waals surface area contributed by atoms with Gasteiger partial charge in [-0.05, 0) is 0 Å². The number of rotatable bonds is 4. The van der Waals surface area contributed by atoms with E-state index in [0.717, 1.165) is 0 Å². The number of nitro groups is 3. The summed E-state index contributed by atoms with van der Waals surface area (Å²) in [6.45, 7) is 0. The van der Waals surface area contributed by atoms with Crippen LogP contribution in [0.2, 0.25) is 0 Å². The minimum absolute atomic E-state index is 0.0648. The maximum absolute atomic E-state index is 11.1. The molecule has 0 spiro atoms. The molecule has 1 unspecified atom stereocenters. The molecule has 0 aromatic carbocycles. The zero-order valence-electron chi connectivity index (χ0n) is 8.82. The molecule has 1 atom stereocenters. The van der Waals surface area contributed by atoms with E-state index in [2.05, 4.69) is 0 Å². The summed E-state index contributed by atoms with van der Waals surface area (Å²) < 4.78 is 31.0. The summed E-state index contributed by atoms with van der Waals surface area (Å²) in [7, 11) is -5.44. The van der Waals surface area contributed by atoms with Crippen LogP contribution in [0.25, 0.3) is 0 Å². The van der Waals surface area contributed by atoms with Gasteiger partial charge in [-0.3, -0.25) is 34.9 Å². The number of nitrogens with zero attached hydrogens (tertiary/aromatic N) is 3. The van der Waals surface area contributed by atoms with E-state index in [0.29, 0.717) is 6.08 Å². The van der Waals surface area contributed by atoms with Gasteiger partial charge in [0.05, 0.1) is 26.9 Å². The van der Waals surface area contributed by atoms with Gasteiger partial charge >= 0.3 is 15.0 Å². The van der Waals surface area contributed by atoms with Crippen LogP contribution in [-0.4, -0.2) is 32.6 Å². The van der Waals surface area contributed by atoms with Gasteiger partial charge in [-0.1, -0.05) is 0 Å². The second kappa shape index (κ2) is 4.36. The fraction of sp³-hybridized carbons (Fsp3) is 0.333. The van der Waals surface area contributed by atoms with Crippen molar-refractivity contribution >= 4 is 10.1 Å². The predicted octanol–water partition coefficient (Wildman–Crippen LogP) is -0.428. The van der Waals surface area contributed by atoms with E-state index in [4.69, 9.17) is 4.55 Å². The summed E-state index contributed by atoms with van der Waals surface area (Å²) in [5, 5.41) is 31.9. The molecular formula is C6H5N3O9S. The Bertz CT molecular complexity index is 632. The molecule has 1 N–H and O–H groups in total. The highest BCUT2D eigenvalue weighted by Gasteiger charge is 2.60. The van der Waals surface area contributed by atoms with E-state index >= 15 is 0 Å². The SMILES string of the molecule is O=[N+]([O-])C1=CC([N+](=O)[O-])(S(=O)(=O)O)CC([N+](=O)[O-])=C1. The maximum Gasteiger partial charge on any atom is 0.377 e. The van der Waals surface area contributed by atoms with Crippen molar-refractivity contribution in [1.29, 1.82) is 0 Å². The van der Waals surface area contributed by atoms with Crippen molar-refractivity contribution in [2.75, 3.05) is 0 Å². The Labute approximate surface area is 104 Å². The van der Waals surface area contributed by atoms with Gasteiger partial charge in [-0.2, -0.15) is 8.42 Å². The van der Waals surface area contributed by atoms with Crippen LogP contribution in [0.5, 0.6) is 0 Å². The molecular weight excluding hydrogens is 290 g/mol. The van der Waals surface area contributed by atoms with Crippen LogP contribution in [0, 0.1) is 30.3 Å². The largest absolute Gasteiger partial charge is 0.377 e. The lowest BCUT2D eigenvalue weighted by atomic mass is 10.0. The van der Waals surface area contributed by atoms with Crippen LogP contribution in [0.15, 0.2) is 23.5 Å². The average molecular weight is 295 g/mol. The van der Waals surface area contributed by atoms with Crippen LogP contribution in [-0.2, 0) is 10.1 Å². The molecule has 0 saturated heterocycles. The second-order valence-corrected chi connectivity index (χ2v) is 5.13. The van der Waals surface area contributed by atoms with Gasteiger partial charge in [0.1, 0.15) is 6.42 Å². The van der Waals surface area contributed by atoms with Crippen LogP contribution in [0.3, 0.4) is 0 Å². The normalized spacial score (nSPS) is 23.2. The quantitative estimate of drug-likeness (QED) is 0.408. The molecule has 0 aliphatic heterocycles. The molecule has 13 heteroatoms. The van der Waals surface area contributed by atoms with Gasteiger partial charge in [-0.15, -0.1) is 0 Å². The first-order valence-electron chi connectivity index (χ1n) is 4.35. The first kappa shape index (κ1) is 14.7. The van der Waals surface area contributed by atoms with Crippen LogP contribution >= 0.6 is 0 Å². The Kier molecular flexibility index (Phi) is 3.36. The van der Waals surface area contributed by atoms with Crippen molar-refractivity contribution < 1.29 is 27.7 Å². The summed E-state index contributed by atoms with van der Waals surface area (Å²) in [6, 6.07) is 0. The Morgan fingerprint density at radius 2 is 1.68 bits per heavy atom. The highest BCUT2D eigenvalue weighted by atomic mass is 32.2. The van der Waals surface area contributed by atoms with Gasteiger partial charge in [0.2, 0.25) is 0 Å². The zero-order chi connectivity index (χ0) is 15.0. The Balaban J connectivity index is 3.62. The molecule has 0 radical (unpaired) electrons. The molecule has 0 amide bonds. The molecule has 104 valence electrons. The molecule has 19 heavy (non-hydrogen) atoms. The third-order valence-corrected chi connectivity index (χ3v) is 3.63. The molecule has 1 rings (SSSR count). The Morgan fingerprint density at radius 1 is 1.16 bits per heavy atom. The van der Waals surface area contributed by atoms with E-state index in [1.54, 1.807) is 0 Å². The standard InChI is InChI=1S/C6H5N3O9S/c10-7(11)4-1-5(8(12)13)3-6(2-4,9(14)15)19(16,17)18/h1-2H,3H2,(H,16,17,18). The van der Waals surface area contributed by atoms with Crippen molar-refractivity contribution in [1.82, 2.24) is 0 Å². The van der Waals surface area contributed by atoms with Gasteiger partial charge in [0.25, 0.3) is 11.4 Å². The van der Waals surface area contributed by atoms with Crippen molar-refractivity contribution in [3.05, 3.63) is 53.9 Å². The number of hydrogen-bond donors (Lipinski definition) is 1. The molecule has 1 aliphatic carbocycles. The lowest BCUT2D eigenvalue weighted by molar-refractivity contribution is -0.538. The molecule has 1 aliphatic rings. The monoisotopic (exact) mass is 295 g/mol. The zero-order valence-corrected chi connectivity index (χ0v) is 9.64. The van der Waals surface area contributed by atoms with E-state index in [-0.39, 0.29) is 6.08 Å². The smallest absolute Gasteiger partial charge is 0.280 e. The van der Waals surface area contributed by atoms with E-state index in [1.807, 2.05) is 0 Å². The predicted molar refractivity (Wildman–Crippen MR) is 56.0 cm³/mol. The fourth-order valence-electron chi connectivity index (χ4n) is 1.40. The first-order valence-corrected chi connectivity index (χ1v) is 5.79. The Morgan fingerprint density at radius 3 is 2.00 bits per heavy atom. The van der Waals surface area contributed by atoms with E-state index in [1.165, 1.54) is 0 Å².